The molecule has 0 bridgehead atoms. The van der Waals surface area contributed by atoms with Gasteiger partial charge < -0.3 is 4.43 Å². The lowest BCUT2D eigenvalue weighted by molar-refractivity contribution is 0.103. The first-order chi connectivity index (χ1) is 17.3. The minimum Gasteiger partial charge on any atom is -0.403 e. The largest absolute Gasteiger partial charge is 0.403 e. The highest BCUT2D eigenvalue weighted by atomic mass is 28.4. The molecule has 0 amide bonds. The summed E-state index contributed by atoms with van der Waals surface area (Å²) in [5.74, 6) is -0.0870. The fraction of sp³-hybridized carbons (Fsp3) is 0.161. The molecule has 4 aromatic carbocycles. The van der Waals surface area contributed by atoms with Crippen molar-refractivity contribution in [3.05, 3.63) is 126 Å². The molecule has 36 heavy (non-hydrogen) atoms. The van der Waals surface area contributed by atoms with Gasteiger partial charge in [0, 0.05) is 11.1 Å². The maximum absolute atomic E-state index is 12.9. The summed E-state index contributed by atoms with van der Waals surface area (Å²) >= 11 is 0. The summed E-state index contributed by atoms with van der Waals surface area (Å²) in [6.07, 6.45) is 1.50. The summed E-state index contributed by atoms with van der Waals surface area (Å²) in [4.78, 5) is 26.9. The molecular weight excluding hydrogens is 462 g/mol. The quantitative estimate of drug-likeness (QED) is 0.132. The van der Waals surface area contributed by atoms with Gasteiger partial charge in [0.1, 0.15) is 0 Å². The van der Waals surface area contributed by atoms with E-state index < -0.39 is 8.32 Å². The number of nitrogens with zero attached hydrogens (tertiary/aromatic N) is 1. The highest BCUT2D eigenvalue weighted by Crippen LogP contribution is 2.37. The van der Waals surface area contributed by atoms with Gasteiger partial charge in [0.15, 0.2) is 5.78 Å². The zero-order chi connectivity index (χ0) is 25.6. The van der Waals surface area contributed by atoms with Crippen LogP contribution in [0.15, 0.2) is 114 Å². The molecule has 0 aliphatic rings. The van der Waals surface area contributed by atoms with Gasteiger partial charge >= 0.3 is 0 Å². The molecule has 0 N–H and O–H groups in total. The van der Waals surface area contributed by atoms with E-state index in [-0.39, 0.29) is 10.8 Å². The number of benzene rings is 4. The van der Waals surface area contributed by atoms with Crippen LogP contribution >= 0.6 is 0 Å². The van der Waals surface area contributed by atoms with E-state index in [9.17, 15) is 9.59 Å². The number of aliphatic imine (C=N–C) groups is 1. The van der Waals surface area contributed by atoms with Crippen LogP contribution in [0, 0.1) is 0 Å². The molecule has 0 aromatic heterocycles. The van der Waals surface area contributed by atoms with Crippen LogP contribution in [-0.4, -0.2) is 20.2 Å². The van der Waals surface area contributed by atoms with E-state index in [1.807, 2.05) is 36.4 Å². The molecule has 4 aromatic rings. The molecule has 180 valence electrons. The van der Waals surface area contributed by atoms with Gasteiger partial charge in [0.25, 0.3) is 8.32 Å². The number of isocyanates is 1. The number of hydrogen-bond donors (Lipinski definition) is 0. The molecule has 0 atom stereocenters. The molecule has 0 spiro atoms. The average molecular weight is 492 g/mol. The van der Waals surface area contributed by atoms with Crippen LogP contribution in [0.25, 0.3) is 0 Å². The van der Waals surface area contributed by atoms with Crippen molar-refractivity contribution < 1.29 is 14.0 Å². The van der Waals surface area contributed by atoms with Crippen LogP contribution < -0.4 is 10.4 Å². The minimum atomic E-state index is -2.64. The predicted molar refractivity (Wildman–Crippen MR) is 147 cm³/mol. The number of carbonyl (C=O) groups is 1. The Bertz CT molecular complexity index is 1310. The molecule has 0 aliphatic carbocycles. The van der Waals surface area contributed by atoms with E-state index in [1.54, 1.807) is 24.3 Å². The lowest BCUT2D eigenvalue weighted by Crippen LogP contribution is -2.66. The van der Waals surface area contributed by atoms with Crippen molar-refractivity contribution in [2.75, 3.05) is 0 Å². The Hall–Kier alpha value is -3.89. The number of carbonyl (C=O) groups excluding carboxylic acids is 2. The molecule has 5 heteroatoms. The number of ketones is 1. The molecule has 0 saturated carbocycles. The second-order valence-electron chi connectivity index (χ2n) is 9.73. The van der Waals surface area contributed by atoms with Gasteiger partial charge in [0.05, 0.1) is 12.3 Å². The van der Waals surface area contributed by atoms with E-state index in [1.165, 1.54) is 16.5 Å². The normalized spacial score (nSPS) is 11.5. The fourth-order valence-electron chi connectivity index (χ4n) is 4.61. The first kappa shape index (κ1) is 25.2. The average Bonchev–Trinajstić information content (AvgIpc) is 2.90. The first-order valence-electron chi connectivity index (χ1n) is 11.9. The highest BCUT2D eigenvalue weighted by molar-refractivity contribution is 6.99. The molecule has 0 saturated heterocycles. The molecule has 4 nitrogen and oxygen atoms in total. The Morgan fingerprint density at radius 2 is 1.22 bits per heavy atom. The van der Waals surface area contributed by atoms with Gasteiger partial charge in [-0.1, -0.05) is 106 Å². The summed E-state index contributed by atoms with van der Waals surface area (Å²) in [5.41, 5.74) is 2.61. The van der Waals surface area contributed by atoms with Gasteiger partial charge in [-0.25, -0.2) is 4.79 Å². The molecule has 0 radical (unpaired) electrons. The van der Waals surface area contributed by atoms with E-state index in [0.29, 0.717) is 23.4 Å². The third-order valence-corrected chi connectivity index (χ3v) is 11.4. The molecule has 0 aliphatic heterocycles. The van der Waals surface area contributed by atoms with Crippen molar-refractivity contribution in [3.63, 3.8) is 0 Å². The smallest absolute Gasteiger partial charge is 0.261 e. The van der Waals surface area contributed by atoms with Crippen LogP contribution in [0.1, 0.15) is 42.3 Å². The summed E-state index contributed by atoms with van der Waals surface area (Å²) in [6, 6.07) is 35.3. The molecule has 0 heterocycles. The molecular formula is C31H29NO3Si. The second-order valence-corrected chi connectivity index (χ2v) is 14.0. The molecule has 0 unspecified atom stereocenters. The second kappa shape index (κ2) is 10.8. The van der Waals surface area contributed by atoms with Gasteiger partial charge in [-0.15, -0.1) is 0 Å². The zero-order valence-corrected chi connectivity index (χ0v) is 21.8. The predicted octanol–water partition coefficient (Wildman–Crippen LogP) is 5.96. The van der Waals surface area contributed by atoms with Crippen LogP contribution in [0.2, 0.25) is 5.04 Å². The number of rotatable bonds is 8. The Labute approximate surface area is 213 Å². The van der Waals surface area contributed by atoms with E-state index in [4.69, 9.17) is 4.43 Å². The Balaban J connectivity index is 1.60. The van der Waals surface area contributed by atoms with Crippen molar-refractivity contribution in [2.24, 2.45) is 4.99 Å². The molecule has 0 fully saturated rings. The van der Waals surface area contributed by atoms with E-state index in [2.05, 4.69) is 74.3 Å². The van der Waals surface area contributed by atoms with Crippen LogP contribution in [0.5, 0.6) is 0 Å². The maximum Gasteiger partial charge on any atom is 0.261 e. The Kier molecular flexibility index (Phi) is 7.56. The van der Waals surface area contributed by atoms with Crippen molar-refractivity contribution >= 4 is 36.2 Å². The van der Waals surface area contributed by atoms with Gasteiger partial charge in [-0.2, -0.15) is 4.99 Å². The first-order valence-corrected chi connectivity index (χ1v) is 13.8. The van der Waals surface area contributed by atoms with Gasteiger partial charge in [0.2, 0.25) is 6.08 Å². The highest BCUT2D eigenvalue weighted by Gasteiger charge is 2.50. The fourth-order valence-corrected chi connectivity index (χ4v) is 9.15. The summed E-state index contributed by atoms with van der Waals surface area (Å²) in [6.45, 7) is 7.21. The Morgan fingerprint density at radius 3 is 1.67 bits per heavy atom. The lowest BCUT2D eigenvalue weighted by atomic mass is 10.0. The van der Waals surface area contributed by atoms with E-state index >= 15 is 0 Å². The van der Waals surface area contributed by atoms with Crippen molar-refractivity contribution in [1.29, 1.82) is 0 Å². The van der Waals surface area contributed by atoms with Crippen molar-refractivity contribution in [1.82, 2.24) is 0 Å². The standard InChI is InChI=1S/C31H29NO3Si/c1-31(2,3)36(28-10-6-4-7-11-28,29-12-8-5-9-13-29)35-22-24-14-16-25(17-15-24)30(34)26-18-20-27(21-19-26)32-23-33/h4-21H,22H2,1-3H3. The lowest BCUT2D eigenvalue weighted by Gasteiger charge is -2.43. The SMILES string of the molecule is CC(C)(C)[Si](OCc1ccc(C(=O)c2ccc(N=C=O)cc2)cc1)(c1ccccc1)c1ccccc1. The van der Waals surface area contributed by atoms with Crippen LogP contribution in [0.3, 0.4) is 0 Å². The monoisotopic (exact) mass is 491 g/mol. The topological polar surface area (TPSA) is 55.7 Å². The van der Waals surface area contributed by atoms with Crippen LogP contribution in [-0.2, 0) is 15.8 Å². The van der Waals surface area contributed by atoms with Gasteiger partial charge in [-0.05, 0) is 45.2 Å². The summed E-state index contributed by atoms with van der Waals surface area (Å²) in [7, 11) is -2.64. The minimum absolute atomic E-state index is 0.0870. The van der Waals surface area contributed by atoms with Crippen molar-refractivity contribution in [3.8, 4) is 0 Å². The number of hydrogen-bond acceptors (Lipinski definition) is 4. The maximum atomic E-state index is 12.9. The molecule has 4 rings (SSSR count). The van der Waals surface area contributed by atoms with E-state index in [0.717, 1.165) is 5.56 Å². The Morgan fingerprint density at radius 1 is 0.750 bits per heavy atom. The third-order valence-electron chi connectivity index (χ3n) is 6.39. The van der Waals surface area contributed by atoms with Gasteiger partial charge in [-0.3, -0.25) is 4.79 Å². The summed E-state index contributed by atoms with van der Waals surface area (Å²) in [5, 5.41) is 2.36. The zero-order valence-electron chi connectivity index (χ0n) is 20.8. The van der Waals surface area contributed by atoms with Crippen molar-refractivity contribution in [2.45, 2.75) is 32.4 Å². The summed E-state index contributed by atoms with van der Waals surface area (Å²) < 4.78 is 6.99. The third kappa shape index (κ3) is 5.19. The van der Waals surface area contributed by atoms with Crippen LogP contribution in [0.4, 0.5) is 5.69 Å².